The van der Waals surface area contributed by atoms with Gasteiger partial charge in [-0.05, 0) is 49.1 Å². The third-order valence-corrected chi connectivity index (χ3v) is 5.02. The van der Waals surface area contributed by atoms with Gasteiger partial charge in [-0.15, -0.1) is 0 Å². The molecule has 1 atom stereocenters. The second-order valence-electron chi connectivity index (χ2n) is 7.03. The average molecular weight is 395 g/mol. The van der Waals surface area contributed by atoms with Gasteiger partial charge in [0.1, 0.15) is 11.9 Å². The zero-order valence-electron chi connectivity index (χ0n) is 16.7. The molecule has 0 aromatic heterocycles. The molecule has 0 fully saturated rings. The van der Waals surface area contributed by atoms with Crippen LogP contribution in [0.3, 0.4) is 0 Å². The van der Waals surface area contributed by atoms with E-state index in [2.05, 4.69) is 0 Å². The van der Waals surface area contributed by atoms with Crippen LogP contribution in [0.25, 0.3) is 0 Å². The number of fused-ring (bicyclic) bond motifs is 1. The quantitative estimate of drug-likeness (QED) is 0.362. The van der Waals surface area contributed by atoms with Crippen LogP contribution in [0.15, 0.2) is 48.5 Å². The molecule has 6 heteroatoms. The van der Waals surface area contributed by atoms with Crippen molar-refractivity contribution in [3.05, 3.63) is 65.2 Å². The summed E-state index contributed by atoms with van der Waals surface area (Å²) in [6.07, 6.45) is 2.70. The number of methoxy groups -OCH3 is 1. The smallest absolute Gasteiger partial charge is 0.303 e. The molecule has 0 aliphatic carbocycles. The van der Waals surface area contributed by atoms with Gasteiger partial charge in [-0.2, -0.15) is 0 Å². The van der Waals surface area contributed by atoms with Gasteiger partial charge in [-0.25, -0.2) is 0 Å². The van der Waals surface area contributed by atoms with E-state index in [0.29, 0.717) is 30.5 Å². The van der Waals surface area contributed by atoms with Gasteiger partial charge in [0.15, 0.2) is 0 Å². The number of carbonyl (C=O) groups excluding carboxylic acids is 3. The fourth-order valence-electron chi connectivity index (χ4n) is 3.53. The van der Waals surface area contributed by atoms with Crippen molar-refractivity contribution >= 4 is 17.8 Å². The molecule has 6 nitrogen and oxygen atoms in total. The first-order valence-corrected chi connectivity index (χ1v) is 9.77. The molecule has 1 heterocycles. The summed E-state index contributed by atoms with van der Waals surface area (Å²) < 4.78 is 10.6. The van der Waals surface area contributed by atoms with Gasteiger partial charge < -0.3 is 9.47 Å². The van der Waals surface area contributed by atoms with E-state index in [-0.39, 0.29) is 23.9 Å². The third kappa shape index (κ3) is 4.83. The minimum atomic E-state index is -0.322. The van der Waals surface area contributed by atoms with Gasteiger partial charge in [-0.1, -0.05) is 30.7 Å². The van der Waals surface area contributed by atoms with E-state index in [1.54, 1.807) is 31.4 Å². The lowest BCUT2D eigenvalue weighted by atomic mass is 10.0. The maximum Gasteiger partial charge on any atom is 0.303 e. The Labute approximate surface area is 170 Å². The molecule has 0 N–H and O–H groups in total. The molecule has 2 aromatic carbocycles. The Morgan fingerprint density at radius 1 is 0.931 bits per heavy atom. The Kier molecular flexibility index (Phi) is 6.65. The van der Waals surface area contributed by atoms with Gasteiger partial charge in [0.25, 0.3) is 11.8 Å². The Morgan fingerprint density at radius 2 is 1.55 bits per heavy atom. The highest BCUT2D eigenvalue weighted by Gasteiger charge is 2.34. The number of nitrogens with zero attached hydrogens (tertiary/aromatic N) is 1. The molecule has 0 radical (unpaired) electrons. The summed E-state index contributed by atoms with van der Waals surface area (Å²) in [4.78, 5) is 37.5. The maximum atomic E-state index is 12.4. The Balaban J connectivity index is 1.49. The van der Waals surface area contributed by atoms with Gasteiger partial charge in [-0.3, -0.25) is 19.3 Å². The average Bonchev–Trinajstić information content (AvgIpc) is 2.97. The maximum absolute atomic E-state index is 12.4. The minimum absolute atomic E-state index is 0.221. The molecule has 1 unspecified atom stereocenters. The van der Waals surface area contributed by atoms with E-state index in [1.807, 2.05) is 24.3 Å². The molecule has 1 aliphatic rings. The SMILES string of the molecule is COc1ccc(C(CCCCCN2C(=O)c3ccccc3C2=O)OC(C)=O)cc1. The lowest BCUT2D eigenvalue weighted by Crippen LogP contribution is -2.30. The summed E-state index contributed by atoms with van der Waals surface area (Å²) in [5.74, 6) is -0.0173. The van der Waals surface area contributed by atoms with E-state index in [4.69, 9.17) is 9.47 Å². The van der Waals surface area contributed by atoms with Crippen molar-refractivity contribution in [2.45, 2.75) is 38.7 Å². The monoisotopic (exact) mass is 395 g/mol. The predicted molar refractivity (Wildman–Crippen MR) is 108 cm³/mol. The lowest BCUT2D eigenvalue weighted by Gasteiger charge is -2.18. The highest BCUT2D eigenvalue weighted by Crippen LogP contribution is 2.27. The highest BCUT2D eigenvalue weighted by atomic mass is 16.5. The normalized spacial score (nSPS) is 13.9. The molecular formula is C23H25NO5. The standard InChI is InChI=1S/C23H25NO5/c1-16(25)29-21(17-11-13-18(28-2)14-12-17)10-4-3-7-15-24-22(26)19-8-5-6-9-20(19)23(24)27/h5-6,8-9,11-14,21H,3-4,7,10,15H2,1-2H3. The van der Waals surface area contributed by atoms with Crippen molar-refractivity contribution in [3.8, 4) is 5.75 Å². The van der Waals surface area contributed by atoms with Crippen LogP contribution in [0.1, 0.15) is 65.0 Å². The zero-order chi connectivity index (χ0) is 20.8. The first kappa shape index (κ1) is 20.6. The van der Waals surface area contributed by atoms with Crippen LogP contribution in [0.4, 0.5) is 0 Å². The molecule has 0 saturated carbocycles. The number of rotatable bonds is 9. The zero-order valence-corrected chi connectivity index (χ0v) is 16.7. The van der Waals surface area contributed by atoms with Crippen LogP contribution in [-0.4, -0.2) is 36.3 Å². The Morgan fingerprint density at radius 3 is 2.10 bits per heavy atom. The summed E-state index contributed by atoms with van der Waals surface area (Å²) >= 11 is 0. The van der Waals surface area contributed by atoms with Crippen LogP contribution < -0.4 is 4.74 Å². The van der Waals surface area contributed by atoms with Crippen molar-refractivity contribution in [1.29, 1.82) is 0 Å². The molecule has 152 valence electrons. The number of esters is 1. The molecule has 0 saturated heterocycles. The van der Waals surface area contributed by atoms with Crippen molar-refractivity contribution < 1.29 is 23.9 Å². The molecule has 29 heavy (non-hydrogen) atoms. The van der Waals surface area contributed by atoms with Crippen molar-refractivity contribution in [1.82, 2.24) is 4.90 Å². The second-order valence-corrected chi connectivity index (χ2v) is 7.03. The van der Waals surface area contributed by atoms with Crippen LogP contribution in [-0.2, 0) is 9.53 Å². The van der Waals surface area contributed by atoms with Crippen LogP contribution in [0.2, 0.25) is 0 Å². The van der Waals surface area contributed by atoms with Gasteiger partial charge in [0, 0.05) is 13.5 Å². The topological polar surface area (TPSA) is 72.9 Å². The van der Waals surface area contributed by atoms with Crippen LogP contribution in [0.5, 0.6) is 5.75 Å². The molecular weight excluding hydrogens is 370 g/mol. The Hall–Kier alpha value is -3.15. The summed E-state index contributed by atoms with van der Waals surface area (Å²) in [6, 6.07) is 14.4. The summed E-state index contributed by atoms with van der Waals surface area (Å²) in [5.41, 5.74) is 1.88. The van der Waals surface area contributed by atoms with Gasteiger partial charge >= 0.3 is 5.97 Å². The number of hydrogen-bond acceptors (Lipinski definition) is 5. The third-order valence-electron chi connectivity index (χ3n) is 5.02. The van der Waals surface area contributed by atoms with E-state index < -0.39 is 0 Å². The minimum Gasteiger partial charge on any atom is -0.497 e. The summed E-state index contributed by atoms with van der Waals surface area (Å²) in [6.45, 7) is 1.80. The molecule has 2 aromatic rings. The Bertz CT molecular complexity index is 855. The fourth-order valence-corrected chi connectivity index (χ4v) is 3.53. The van der Waals surface area contributed by atoms with Gasteiger partial charge in [0.05, 0.1) is 18.2 Å². The van der Waals surface area contributed by atoms with E-state index in [1.165, 1.54) is 11.8 Å². The first-order valence-electron chi connectivity index (χ1n) is 9.77. The van der Waals surface area contributed by atoms with Crippen LogP contribution in [0, 0.1) is 0 Å². The number of imide groups is 1. The largest absolute Gasteiger partial charge is 0.497 e. The van der Waals surface area contributed by atoms with Gasteiger partial charge in [0.2, 0.25) is 0 Å². The van der Waals surface area contributed by atoms with E-state index >= 15 is 0 Å². The van der Waals surface area contributed by atoms with E-state index in [9.17, 15) is 14.4 Å². The van der Waals surface area contributed by atoms with Crippen molar-refractivity contribution in [2.75, 3.05) is 13.7 Å². The fraction of sp³-hybridized carbons (Fsp3) is 0.348. The number of benzene rings is 2. The molecule has 3 rings (SSSR count). The number of ether oxygens (including phenoxy) is 2. The first-order chi connectivity index (χ1) is 14.0. The van der Waals surface area contributed by atoms with Crippen molar-refractivity contribution in [2.24, 2.45) is 0 Å². The van der Waals surface area contributed by atoms with E-state index in [0.717, 1.165) is 24.2 Å². The summed E-state index contributed by atoms with van der Waals surface area (Å²) in [5, 5.41) is 0. The number of amides is 2. The number of carbonyl (C=O) groups is 3. The molecule has 0 bridgehead atoms. The van der Waals surface area contributed by atoms with Crippen LogP contribution >= 0.6 is 0 Å². The molecule has 0 spiro atoms. The number of hydrogen-bond donors (Lipinski definition) is 0. The van der Waals surface area contributed by atoms with Crippen molar-refractivity contribution in [3.63, 3.8) is 0 Å². The lowest BCUT2D eigenvalue weighted by molar-refractivity contribution is -0.147. The molecule has 1 aliphatic heterocycles. The number of unbranched alkanes of at least 4 members (excludes halogenated alkanes) is 2. The molecule has 2 amide bonds. The second kappa shape index (κ2) is 9.37. The summed E-state index contributed by atoms with van der Waals surface area (Å²) in [7, 11) is 1.60. The predicted octanol–water partition coefficient (Wildman–Crippen LogP) is 4.16. The highest BCUT2D eigenvalue weighted by molar-refractivity contribution is 6.21.